The molecule has 1 aliphatic carbocycles. The summed E-state index contributed by atoms with van der Waals surface area (Å²) >= 11 is 1.50. The average Bonchev–Trinajstić information content (AvgIpc) is 2.51. The molecule has 0 aliphatic heterocycles. The van der Waals surface area contributed by atoms with Gasteiger partial charge < -0.3 is 5.11 Å². The van der Waals surface area contributed by atoms with Crippen molar-refractivity contribution >= 4 is 17.3 Å². The van der Waals surface area contributed by atoms with Gasteiger partial charge >= 0.3 is 5.97 Å². The maximum atomic E-state index is 11.0. The highest BCUT2D eigenvalue weighted by Gasteiger charge is 2.25. The second-order valence-electron chi connectivity index (χ2n) is 4.04. The van der Waals surface area contributed by atoms with Crippen LogP contribution < -0.4 is 0 Å². The van der Waals surface area contributed by atoms with E-state index in [2.05, 4.69) is 4.98 Å². The summed E-state index contributed by atoms with van der Waals surface area (Å²) in [7, 11) is 0. The molecule has 1 aliphatic rings. The Hall–Kier alpha value is -0.900. The summed E-state index contributed by atoms with van der Waals surface area (Å²) < 4.78 is 0. The van der Waals surface area contributed by atoms with Crippen LogP contribution >= 0.6 is 11.3 Å². The maximum absolute atomic E-state index is 11.0. The Kier molecular flexibility index (Phi) is 3.05. The van der Waals surface area contributed by atoms with Crippen LogP contribution in [-0.2, 0) is 4.79 Å². The monoisotopic (exact) mass is 225 g/mol. The minimum absolute atomic E-state index is 0.413. The molecule has 82 valence electrons. The molecular weight excluding hydrogens is 210 g/mol. The first-order valence-corrected chi connectivity index (χ1v) is 6.28. The summed E-state index contributed by atoms with van der Waals surface area (Å²) in [6.45, 7) is 1.89. The van der Waals surface area contributed by atoms with Gasteiger partial charge in [-0.1, -0.05) is 13.3 Å². The predicted octanol–water partition coefficient (Wildman–Crippen LogP) is 2.99. The molecule has 4 heteroatoms. The third-order valence-corrected chi connectivity index (χ3v) is 4.04. The van der Waals surface area contributed by atoms with E-state index in [9.17, 15) is 4.79 Å². The van der Waals surface area contributed by atoms with Crippen molar-refractivity contribution in [2.75, 3.05) is 0 Å². The molecule has 1 saturated carbocycles. The number of aromatic nitrogens is 1. The van der Waals surface area contributed by atoms with Crippen molar-refractivity contribution in [3.8, 4) is 0 Å². The molecule has 0 aromatic carbocycles. The number of carboxylic acid groups (broad SMARTS) is 1. The first kappa shape index (κ1) is 10.6. The van der Waals surface area contributed by atoms with Crippen molar-refractivity contribution in [1.82, 2.24) is 4.98 Å². The molecule has 2 rings (SSSR count). The molecule has 1 N–H and O–H groups in total. The molecule has 1 heterocycles. The standard InChI is InChI=1S/C11H15NO2S/c1-2-8(11(13)14)10-12-9(6-15-10)7-4-3-5-7/h6-8H,2-5H2,1H3,(H,13,14). The Labute approximate surface area is 93.2 Å². The number of nitrogens with zero attached hydrogens (tertiary/aromatic N) is 1. The van der Waals surface area contributed by atoms with Gasteiger partial charge in [-0.05, 0) is 19.3 Å². The summed E-state index contributed by atoms with van der Waals surface area (Å²) in [5, 5.41) is 11.8. The molecule has 1 aromatic heterocycles. The van der Waals surface area contributed by atoms with E-state index >= 15 is 0 Å². The molecule has 0 saturated heterocycles. The van der Waals surface area contributed by atoms with Crippen LogP contribution in [-0.4, -0.2) is 16.1 Å². The van der Waals surface area contributed by atoms with E-state index in [1.54, 1.807) is 0 Å². The van der Waals surface area contributed by atoms with E-state index in [0.717, 1.165) is 10.7 Å². The van der Waals surface area contributed by atoms with Crippen molar-refractivity contribution in [3.05, 3.63) is 16.1 Å². The van der Waals surface area contributed by atoms with Gasteiger partial charge in [-0.25, -0.2) is 4.98 Å². The van der Waals surface area contributed by atoms with Gasteiger partial charge in [0.2, 0.25) is 0 Å². The largest absolute Gasteiger partial charge is 0.481 e. The Morgan fingerprint density at radius 2 is 2.47 bits per heavy atom. The first-order valence-electron chi connectivity index (χ1n) is 5.40. The smallest absolute Gasteiger partial charge is 0.313 e. The number of aliphatic carboxylic acids is 1. The average molecular weight is 225 g/mol. The first-order chi connectivity index (χ1) is 7.22. The van der Waals surface area contributed by atoms with Crippen molar-refractivity contribution in [3.63, 3.8) is 0 Å². The Morgan fingerprint density at radius 1 is 1.73 bits per heavy atom. The lowest BCUT2D eigenvalue weighted by molar-refractivity contribution is -0.138. The topological polar surface area (TPSA) is 50.2 Å². The van der Waals surface area contributed by atoms with E-state index < -0.39 is 11.9 Å². The highest BCUT2D eigenvalue weighted by atomic mass is 32.1. The van der Waals surface area contributed by atoms with E-state index in [4.69, 9.17) is 5.11 Å². The maximum Gasteiger partial charge on any atom is 0.313 e. The fraction of sp³-hybridized carbons (Fsp3) is 0.636. The zero-order valence-electron chi connectivity index (χ0n) is 8.77. The molecule has 1 unspecified atom stereocenters. The molecular formula is C11H15NO2S. The summed E-state index contributed by atoms with van der Waals surface area (Å²) in [6.07, 6.45) is 4.33. The minimum Gasteiger partial charge on any atom is -0.481 e. The number of hydrogen-bond donors (Lipinski definition) is 1. The molecule has 1 aromatic rings. The Bertz CT molecular complexity index is 357. The number of hydrogen-bond acceptors (Lipinski definition) is 3. The normalized spacial score (nSPS) is 18.5. The summed E-state index contributed by atoms with van der Waals surface area (Å²) in [4.78, 5) is 15.4. The fourth-order valence-corrected chi connectivity index (χ4v) is 2.88. The molecule has 1 atom stereocenters. The van der Waals surface area contributed by atoms with Crippen LogP contribution in [0.25, 0.3) is 0 Å². The van der Waals surface area contributed by atoms with Gasteiger partial charge in [0.05, 0.1) is 5.69 Å². The van der Waals surface area contributed by atoms with Gasteiger partial charge in [0, 0.05) is 11.3 Å². The lowest BCUT2D eigenvalue weighted by atomic mass is 9.83. The predicted molar refractivity (Wildman–Crippen MR) is 59.4 cm³/mol. The van der Waals surface area contributed by atoms with Crippen LogP contribution in [0, 0.1) is 0 Å². The zero-order valence-corrected chi connectivity index (χ0v) is 9.59. The van der Waals surface area contributed by atoms with E-state index in [0.29, 0.717) is 12.3 Å². The lowest BCUT2D eigenvalue weighted by Gasteiger charge is -2.23. The molecule has 0 radical (unpaired) electrons. The Balaban J connectivity index is 2.14. The minimum atomic E-state index is -0.757. The van der Waals surface area contributed by atoms with Crippen LogP contribution in [0.2, 0.25) is 0 Å². The van der Waals surface area contributed by atoms with Gasteiger partial charge in [-0.2, -0.15) is 0 Å². The molecule has 0 spiro atoms. The third kappa shape index (κ3) is 2.04. The van der Waals surface area contributed by atoms with Crippen LogP contribution in [0.5, 0.6) is 0 Å². The highest BCUT2D eigenvalue weighted by molar-refractivity contribution is 7.09. The zero-order chi connectivity index (χ0) is 10.8. The van der Waals surface area contributed by atoms with Gasteiger partial charge in [-0.3, -0.25) is 4.79 Å². The van der Waals surface area contributed by atoms with Crippen LogP contribution in [0.1, 0.15) is 55.1 Å². The molecule has 0 amide bonds. The second-order valence-corrected chi connectivity index (χ2v) is 4.93. The molecule has 0 bridgehead atoms. The van der Waals surface area contributed by atoms with Crippen molar-refractivity contribution in [2.45, 2.75) is 44.4 Å². The summed E-state index contributed by atoms with van der Waals surface area (Å²) in [5.41, 5.74) is 1.11. The van der Waals surface area contributed by atoms with Crippen LogP contribution in [0.15, 0.2) is 5.38 Å². The van der Waals surface area contributed by atoms with Crippen molar-refractivity contribution in [1.29, 1.82) is 0 Å². The molecule has 3 nitrogen and oxygen atoms in total. The van der Waals surface area contributed by atoms with Gasteiger partial charge in [-0.15, -0.1) is 11.3 Å². The van der Waals surface area contributed by atoms with Crippen LogP contribution in [0.4, 0.5) is 0 Å². The highest BCUT2D eigenvalue weighted by Crippen LogP contribution is 2.37. The second kappa shape index (κ2) is 4.31. The Morgan fingerprint density at radius 3 is 2.93 bits per heavy atom. The quantitative estimate of drug-likeness (QED) is 0.857. The molecule has 1 fully saturated rings. The SMILES string of the molecule is CCC(C(=O)O)c1nc(C2CCC2)cs1. The third-order valence-electron chi connectivity index (χ3n) is 3.07. The fourth-order valence-electron chi connectivity index (χ4n) is 1.81. The summed E-state index contributed by atoms with van der Waals surface area (Å²) in [5.74, 6) is -0.572. The van der Waals surface area contributed by atoms with Gasteiger partial charge in [0.1, 0.15) is 10.9 Å². The van der Waals surface area contributed by atoms with Crippen molar-refractivity contribution in [2.24, 2.45) is 0 Å². The van der Waals surface area contributed by atoms with Gasteiger partial charge in [0.15, 0.2) is 0 Å². The van der Waals surface area contributed by atoms with E-state index in [1.807, 2.05) is 12.3 Å². The van der Waals surface area contributed by atoms with E-state index in [-0.39, 0.29) is 0 Å². The van der Waals surface area contributed by atoms with E-state index in [1.165, 1.54) is 30.6 Å². The van der Waals surface area contributed by atoms with Crippen LogP contribution in [0.3, 0.4) is 0 Å². The van der Waals surface area contributed by atoms with Gasteiger partial charge in [0.25, 0.3) is 0 Å². The number of thiazole rings is 1. The number of carboxylic acids is 1. The molecule has 15 heavy (non-hydrogen) atoms. The lowest BCUT2D eigenvalue weighted by Crippen LogP contribution is -2.12. The number of rotatable bonds is 4. The summed E-state index contributed by atoms with van der Waals surface area (Å²) in [6, 6.07) is 0. The number of carbonyl (C=O) groups is 1. The van der Waals surface area contributed by atoms with Crippen molar-refractivity contribution < 1.29 is 9.90 Å².